The molecule has 2 aliphatic carbocycles. The van der Waals surface area contributed by atoms with E-state index in [-0.39, 0.29) is 155 Å². The van der Waals surface area contributed by atoms with Crippen LogP contribution in [0.2, 0.25) is 0 Å². The maximum atomic E-state index is 9.02. The van der Waals surface area contributed by atoms with Crippen molar-refractivity contribution < 1.29 is 127 Å². The zero-order chi connectivity index (χ0) is 128. The van der Waals surface area contributed by atoms with Gasteiger partial charge in [0, 0.05) is 177 Å². The van der Waals surface area contributed by atoms with Gasteiger partial charge in [-0.2, -0.15) is 0 Å². The van der Waals surface area contributed by atoms with E-state index in [1.807, 2.05) is 214 Å². The Morgan fingerprint density at radius 3 is 0.844 bits per heavy atom. The van der Waals surface area contributed by atoms with E-state index in [0.717, 1.165) is 61.3 Å². The Morgan fingerprint density at radius 2 is 0.537 bits per heavy atom. The normalized spacial score (nSPS) is 17.3. The predicted molar refractivity (Wildman–Crippen MR) is 596 cm³/mol. The summed E-state index contributed by atoms with van der Waals surface area (Å²) in [5.74, 6) is 0.792. The van der Waals surface area contributed by atoms with Crippen molar-refractivity contribution in [1.82, 2.24) is 39.9 Å². The van der Waals surface area contributed by atoms with Gasteiger partial charge in [0.2, 0.25) is 0 Å². The molecular weight excluding hydrogens is 2500 g/mol. The molecule has 0 spiro atoms. The topological polar surface area (TPSA) is 103 Å². The number of pyridine rings is 8. The summed E-state index contributed by atoms with van der Waals surface area (Å²) in [6, 6.07) is 126. The van der Waals surface area contributed by atoms with E-state index in [1.165, 1.54) is 141 Å². The summed E-state index contributed by atoms with van der Waals surface area (Å²) in [6.07, 6.45) is 16.5. The Hall–Kier alpha value is -13.6. The molecule has 0 N–H and O–H groups in total. The summed E-state index contributed by atoms with van der Waals surface area (Å²) in [5.41, 5.74) is 25.5. The van der Waals surface area contributed by atoms with Crippen LogP contribution in [0.15, 0.2) is 389 Å². The molecule has 2 fully saturated rings. The molecule has 4 radical (unpaired) electrons. The Kier molecular flexibility index (Phi) is 29.4. The van der Waals surface area contributed by atoms with Gasteiger partial charge in [0.25, 0.3) is 0 Å². The molecule has 12 heteroatoms. The smallest absolute Gasteiger partial charge is 0.0358 e. The molecule has 748 valence electrons. The molecule has 0 amide bonds. The number of aryl methyl sites for hydroxylation is 15. The second-order valence-corrected chi connectivity index (χ2v) is 33.7. The summed E-state index contributed by atoms with van der Waals surface area (Å²) in [6.45, 7) is -16.6. The molecule has 2 aliphatic rings. The van der Waals surface area contributed by atoms with E-state index in [4.69, 9.17) is 46.6 Å². The minimum atomic E-state index is -2.20. The number of aromatic nitrogens is 8. The van der Waals surface area contributed by atoms with Gasteiger partial charge in [0.1, 0.15) is 0 Å². The summed E-state index contributed by atoms with van der Waals surface area (Å²) in [7, 11) is 0. The first-order valence-corrected chi connectivity index (χ1v) is 45.9. The number of rotatable bonds is 13. The maximum Gasteiger partial charge on any atom is 0.0358 e. The van der Waals surface area contributed by atoms with Crippen LogP contribution in [0.4, 0.5) is 0 Å². The monoisotopic (exact) mass is 2660 g/mol. The Labute approximate surface area is 975 Å². The molecule has 147 heavy (non-hydrogen) atoms. The first-order valence-electron chi connectivity index (χ1n) is 62.9. The van der Waals surface area contributed by atoms with Crippen molar-refractivity contribution in [2.24, 2.45) is 11.8 Å². The van der Waals surface area contributed by atoms with Gasteiger partial charge in [-0.25, -0.2) is 0 Å². The molecule has 0 aliphatic heterocycles. The van der Waals surface area contributed by atoms with Crippen LogP contribution in [0.1, 0.15) is 175 Å². The van der Waals surface area contributed by atoms with Crippen molar-refractivity contribution in [1.29, 1.82) is 0 Å². The molecule has 2 bridgehead atoms. The standard InChI is InChI=1S/C24H22N.2C19H16N.C18H14N.2C14H14N.2C13H12N.CH4.4Ir/c1-2-5-18(6-3-1)23-16-20(13-14-25-23)17-9-11-19(12-10-17)24-21-7-4-8-22(24)15-21;2*1-14-8-10-16(11-9-14)18-12-19(20-13-15(18)2)17-6-4-3-5-7-17;1-14-13-19-18(16-10-6-3-7-11-16)12-17(14)15-8-4-2-5-9-15;2*1-10-4-6-13(7-5-10)14-8-11(2)12(3)9-15-14;2*1-10-3-6-12(7-4-10)13-8-5-11(2)9-14-13;;;;;/h1-3,5,9-14,16,21-22,24H,4,7-8,15H2;2*3-6,8-13H,1-2H3;2-10,12-13H,1H3;2*4-6,8-9H,1-3H3;2*3-6,8-9H,1-2H3;1H4;;;;/q8*-1;;;;;/i24D;2*2D3;1D3;2*1D3,3D3;2*1D3,2D3;;;;;. The second kappa shape index (κ2) is 57.5. The van der Waals surface area contributed by atoms with Crippen LogP contribution in [0, 0.1) is 163 Å². The van der Waals surface area contributed by atoms with Crippen LogP contribution in [0.25, 0.3) is 135 Å². The van der Waals surface area contributed by atoms with Gasteiger partial charge >= 0.3 is 0 Å². The van der Waals surface area contributed by atoms with Gasteiger partial charge in [0.05, 0.1) is 0 Å². The Bertz CT molecular complexity index is 8370. The summed E-state index contributed by atoms with van der Waals surface area (Å²) in [5, 5.41) is 0. The fourth-order valence-corrected chi connectivity index (χ4v) is 15.7. The molecule has 20 aromatic rings. The molecule has 0 saturated heterocycles. The van der Waals surface area contributed by atoms with Crippen LogP contribution in [-0.4, -0.2) is 39.9 Å². The van der Waals surface area contributed by atoms with Crippen molar-refractivity contribution in [3.63, 3.8) is 0 Å². The van der Waals surface area contributed by atoms with Crippen LogP contribution in [0.5, 0.6) is 0 Å². The van der Waals surface area contributed by atoms with Gasteiger partial charge in [0.15, 0.2) is 0 Å². The van der Waals surface area contributed by atoms with E-state index in [0.29, 0.717) is 102 Å². The van der Waals surface area contributed by atoms with Crippen molar-refractivity contribution in [2.45, 2.75) is 142 Å². The predicted octanol–water partition coefficient (Wildman–Crippen LogP) is 34.2. The minimum Gasteiger partial charge on any atom is -0.305 e. The number of nitrogens with zero attached hydrogens (tertiary/aromatic N) is 8. The number of hydrogen-bond donors (Lipinski definition) is 0. The molecule has 8 heterocycles. The van der Waals surface area contributed by atoms with Crippen LogP contribution < -0.4 is 0 Å². The molecule has 22 rings (SSSR count). The maximum absolute atomic E-state index is 9.02. The molecular formula is C135H124Ir4N8-8. The average molecular weight is 2660 g/mol. The van der Waals surface area contributed by atoms with Gasteiger partial charge < -0.3 is 39.9 Å². The van der Waals surface area contributed by atoms with Crippen molar-refractivity contribution in [3.05, 3.63) is 527 Å². The van der Waals surface area contributed by atoms with Gasteiger partial charge in [-0.15, -0.1) is 285 Å². The fraction of sp³-hybridized carbons (Fsp3) is 0.170. The van der Waals surface area contributed by atoms with Crippen molar-refractivity contribution in [3.8, 4) is 135 Å². The average Bonchev–Trinajstić information content (AvgIpc) is 0.718. The molecule has 8 aromatic heterocycles. The zero-order valence-corrected chi connectivity index (χ0v) is 89.4. The minimum absolute atomic E-state index is 0. The van der Waals surface area contributed by atoms with E-state index < -0.39 is 75.4 Å². The number of fused-ring (bicyclic) bond motifs is 2. The number of hydrogen-bond acceptors (Lipinski definition) is 8. The van der Waals surface area contributed by atoms with Crippen molar-refractivity contribution in [2.75, 3.05) is 0 Å². The summed E-state index contributed by atoms with van der Waals surface area (Å²) in [4.78, 5) is 33.9. The summed E-state index contributed by atoms with van der Waals surface area (Å²) >= 11 is 0. The van der Waals surface area contributed by atoms with E-state index >= 15 is 0 Å². The quantitative estimate of drug-likeness (QED) is 0.105. The zero-order valence-electron chi connectivity index (χ0n) is 114. The van der Waals surface area contributed by atoms with E-state index in [2.05, 4.69) is 125 Å². The second-order valence-electron chi connectivity index (χ2n) is 33.7. The first kappa shape index (κ1) is 75.2. The molecule has 2 atom stereocenters. The van der Waals surface area contributed by atoms with Gasteiger partial charge in [-0.3, -0.25) is 0 Å². The first-order chi connectivity index (χ1) is 82.7. The largest absolute Gasteiger partial charge is 0.305 e. The van der Waals surface area contributed by atoms with Crippen LogP contribution in [0.3, 0.4) is 0 Å². The van der Waals surface area contributed by atoms with Gasteiger partial charge in [-0.1, -0.05) is 227 Å². The molecule has 8 nitrogen and oxygen atoms in total. The molecule has 2 unspecified atom stereocenters. The third kappa shape index (κ3) is 33.0. The van der Waals surface area contributed by atoms with Gasteiger partial charge in [-0.05, 0) is 253 Å². The SMILES string of the molecule is C.[2H]C([2H])([2H])c1c[c-]c(-c2cc(C)c(C([2H])([2H])[2H])cn2)cc1.[2H]C([2H])([2H])c1c[c-]c(-c2cc(C)c(C([2H])([2H])[2H])cn2)cc1.[2H]C([2H])([2H])c1c[c-]c(-c2ccc(C([2H])([2H])[2H])cn2)cc1.[2H]C([2H])([2H])c1c[c-]c(-c2ccc(C([2H])([2H])[2H])cn2)cc1.[2H]C([2H])([2H])c1cnc(-c2[c-]cccc2)cc1-c1ccc(C)cc1.[2H]C([2H])([2H])c1cnc(-c2[c-]cccc2)cc1-c1ccc(C)cc1.[2H]C([2H])([2H])c1cnc(-c2[c-]cccc2)cc1-c1ccccc1.[2H]C1(c2ccc(-c3ccnc(-c4[c-]cccc4)c3)cc2)C2CCCC1C2.[Ir].[Ir].[Ir].[Ir]. The molecule has 2 saturated carbocycles. The summed E-state index contributed by atoms with van der Waals surface area (Å²) < 4.78 is 254. The van der Waals surface area contributed by atoms with Crippen LogP contribution >= 0.6 is 0 Å². The van der Waals surface area contributed by atoms with E-state index in [9.17, 15) is 0 Å². The third-order valence-corrected chi connectivity index (χ3v) is 23.4. The Morgan fingerprint density at radius 1 is 0.238 bits per heavy atom. The van der Waals surface area contributed by atoms with Crippen molar-refractivity contribution >= 4 is 0 Å². The fourth-order valence-electron chi connectivity index (χ4n) is 15.7. The van der Waals surface area contributed by atoms with Crippen LogP contribution in [-0.2, 0) is 80.4 Å². The molecule has 12 aromatic carbocycles. The third-order valence-electron chi connectivity index (χ3n) is 23.4. The Balaban J connectivity index is 0.000000207. The van der Waals surface area contributed by atoms with E-state index in [1.54, 1.807) is 62.4 Å². The number of benzene rings is 12.